The number of benzene rings is 1. The van der Waals surface area contributed by atoms with Crippen LogP contribution in [0.15, 0.2) is 18.2 Å². The van der Waals surface area contributed by atoms with Gasteiger partial charge in [0.05, 0.1) is 12.1 Å². The van der Waals surface area contributed by atoms with Crippen molar-refractivity contribution in [3.63, 3.8) is 0 Å². The summed E-state index contributed by atoms with van der Waals surface area (Å²) in [5.41, 5.74) is 9.38. The summed E-state index contributed by atoms with van der Waals surface area (Å²) in [4.78, 5) is 0. The Kier molecular flexibility index (Phi) is 1.67. The summed E-state index contributed by atoms with van der Waals surface area (Å²) in [5, 5.41) is 9.52. The molecular weight excluding hydrogens is 150 g/mol. The third-order valence-corrected chi connectivity index (χ3v) is 2.59. The highest BCUT2D eigenvalue weighted by atomic mass is 16.3. The van der Waals surface area contributed by atoms with Crippen LogP contribution in [0.1, 0.15) is 22.7 Å². The maximum Gasteiger partial charge on any atom is 0.0773 e. The number of fused-ring (bicyclic) bond motifs is 1. The second kappa shape index (κ2) is 2.57. The largest absolute Gasteiger partial charge is 0.391 e. The van der Waals surface area contributed by atoms with Gasteiger partial charge >= 0.3 is 0 Å². The Morgan fingerprint density at radius 3 is 2.92 bits per heavy atom. The van der Waals surface area contributed by atoms with E-state index in [1.54, 1.807) is 0 Å². The van der Waals surface area contributed by atoms with Crippen molar-refractivity contribution in [2.24, 2.45) is 5.73 Å². The van der Waals surface area contributed by atoms with Crippen LogP contribution in [0.2, 0.25) is 0 Å². The second-order valence-electron chi connectivity index (χ2n) is 3.44. The van der Waals surface area contributed by atoms with Crippen molar-refractivity contribution in [3.05, 3.63) is 34.9 Å². The van der Waals surface area contributed by atoms with Crippen molar-refractivity contribution in [2.45, 2.75) is 25.5 Å². The van der Waals surface area contributed by atoms with E-state index in [9.17, 15) is 5.11 Å². The van der Waals surface area contributed by atoms with Crippen molar-refractivity contribution < 1.29 is 5.11 Å². The Bertz CT molecular complexity index is 309. The van der Waals surface area contributed by atoms with E-state index in [0.717, 1.165) is 5.56 Å². The van der Waals surface area contributed by atoms with E-state index in [0.29, 0.717) is 6.42 Å². The zero-order valence-corrected chi connectivity index (χ0v) is 7.12. The highest BCUT2D eigenvalue weighted by Crippen LogP contribution is 2.31. The van der Waals surface area contributed by atoms with Crippen molar-refractivity contribution >= 4 is 0 Å². The number of aryl methyl sites for hydroxylation is 1. The molecule has 64 valence electrons. The van der Waals surface area contributed by atoms with Crippen LogP contribution in [-0.4, -0.2) is 11.2 Å². The van der Waals surface area contributed by atoms with Gasteiger partial charge in [0.15, 0.2) is 0 Å². The third-order valence-electron chi connectivity index (χ3n) is 2.59. The maximum atomic E-state index is 9.52. The summed E-state index contributed by atoms with van der Waals surface area (Å²) in [6.45, 7) is 2.04. The van der Waals surface area contributed by atoms with Crippen LogP contribution in [0, 0.1) is 6.92 Å². The van der Waals surface area contributed by atoms with Crippen molar-refractivity contribution in [3.8, 4) is 0 Å². The Balaban J connectivity index is 2.55. The van der Waals surface area contributed by atoms with Crippen molar-refractivity contribution in [1.29, 1.82) is 0 Å². The van der Waals surface area contributed by atoms with Gasteiger partial charge in [-0.05, 0) is 23.6 Å². The van der Waals surface area contributed by atoms with Gasteiger partial charge in [-0.15, -0.1) is 0 Å². The quantitative estimate of drug-likeness (QED) is 0.597. The molecule has 0 radical (unpaired) electrons. The average molecular weight is 163 g/mol. The lowest BCUT2D eigenvalue weighted by Gasteiger charge is -2.10. The first-order valence-corrected chi connectivity index (χ1v) is 4.22. The molecule has 0 aliphatic heterocycles. The molecule has 2 rings (SSSR count). The first-order valence-electron chi connectivity index (χ1n) is 4.22. The number of hydrogen-bond donors (Lipinski definition) is 2. The van der Waals surface area contributed by atoms with Gasteiger partial charge < -0.3 is 10.8 Å². The second-order valence-corrected chi connectivity index (χ2v) is 3.44. The Morgan fingerprint density at radius 1 is 1.50 bits per heavy atom. The van der Waals surface area contributed by atoms with Gasteiger partial charge in [-0.1, -0.05) is 18.2 Å². The number of hydrogen-bond acceptors (Lipinski definition) is 2. The van der Waals surface area contributed by atoms with Crippen LogP contribution < -0.4 is 5.73 Å². The fourth-order valence-electron chi connectivity index (χ4n) is 1.94. The molecule has 1 aliphatic carbocycles. The number of aliphatic hydroxyl groups is 1. The molecule has 0 unspecified atom stereocenters. The van der Waals surface area contributed by atoms with Gasteiger partial charge in [-0.25, -0.2) is 0 Å². The first kappa shape index (κ1) is 7.77. The predicted molar refractivity (Wildman–Crippen MR) is 47.8 cm³/mol. The monoisotopic (exact) mass is 163 g/mol. The van der Waals surface area contributed by atoms with E-state index in [1.807, 2.05) is 25.1 Å². The fourth-order valence-corrected chi connectivity index (χ4v) is 1.94. The summed E-state index contributed by atoms with van der Waals surface area (Å²) >= 11 is 0. The smallest absolute Gasteiger partial charge is 0.0773 e. The molecule has 2 heteroatoms. The minimum absolute atomic E-state index is 0.179. The van der Waals surface area contributed by atoms with Crippen molar-refractivity contribution in [2.75, 3.05) is 0 Å². The lowest BCUT2D eigenvalue weighted by atomic mass is 10.0. The Morgan fingerprint density at radius 2 is 2.25 bits per heavy atom. The normalized spacial score (nSPS) is 27.2. The standard InChI is InChI=1S/C10H13NO/c1-6-3-2-4-7-5-8(12)10(11)9(6)7/h2-4,8,10,12H,5,11H2,1H3/t8-,10+/m1/s1. The summed E-state index contributed by atoms with van der Waals surface area (Å²) in [6, 6.07) is 5.91. The molecule has 0 fully saturated rings. The summed E-state index contributed by atoms with van der Waals surface area (Å²) in [6.07, 6.45) is 0.319. The molecule has 0 heterocycles. The van der Waals surface area contributed by atoms with Crippen LogP contribution >= 0.6 is 0 Å². The third kappa shape index (κ3) is 0.958. The van der Waals surface area contributed by atoms with Gasteiger partial charge in [0.2, 0.25) is 0 Å². The number of aliphatic hydroxyl groups excluding tert-OH is 1. The molecule has 0 saturated heterocycles. The molecule has 2 atom stereocenters. The molecule has 0 amide bonds. The number of rotatable bonds is 0. The minimum Gasteiger partial charge on any atom is -0.391 e. The fraction of sp³-hybridized carbons (Fsp3) is 0.400. The predicted octanol–water partition coefficient (Wildman–Crippen LogP) is 0.912. The SMILES string of the molecule is Cc1cccc2c1[C@@H](N)[C@H](O)C2. The minimum atomic E-state index is -0.388. The van der Waals surface area contributed by atoms with Crippen LogP contribution in [0.25, 0.3) is 0 Å². The highest BCUT2D eigenvalue weighted by Gasteiger charge is 2.28. The van der Waals surface area contributed by atoms with Gasteiger partial charge in [0.25, 0.3) is 0 Å². The lowest BCUT2D eigenvalue weighted by Crippen LogP contribution is -2.21. The van der Waals surface area contributed by atoms with Gasteiger partial charge in [-0.2, -0.15) is 0 Å². The molecule has 0 saturated carbocycles. The molecule has 3 N–H and O–H groups in total. The molecule has 0 spiro atoms. The van der Waals surface area contributed by atoms with E-state index >= 15 is 0 Å². The molecule has 12 heavy (non-hydrogen) atoms. The molecule has 0 aromatic heterocycles. The van der Waals surface area contributed by atoms with Crippen LogP contribution in [0.5, 0.6) is 0 Å². The van der Waals surface area contributed by atoms with Crippen LogP contribution in [0.4, 0.5) is 0 Å². The van der Waals surface area contributed by atoms with E-state index < -0.39 is 0 Å². The van der Waals surface area contributed by atoms with Gasteiger partial charge in [0, 0.05) is 6.42 Å². The molecule has 1 aliphatic rings. The van der Waals surface area contributed by atoms with Gasteiger partial charge in [0.1, 0.15) is 0 Å². The zero-order chi connectivity index (χ0) is 8.72. The van der Waals surface area contributed by atoms with E-state index in [-0.39, 0.29) is 12.1 Å². The summed E-state index contributed by atoms with van der Waals surface area (Å²) in [5.74, 6) is 0. The molecule has 1 aromatic rings. The van der Waals surface area contributed by atoms with E-state index in [2.05, 4.69) is 0 Å². The van der Waals surface area contributed by atoms with Crippen molar-refractivity contribution in [1.82, 2.24) is 0 Å². The Hall–Kier alpha value is -0.860. The Labute approximate surface area is 72.0 Å². The number of nitrogens with two attached hydrogens (primary N) is 1. The summed E-state index contributed by atoms with van der Waals surface area (Å²) < 4.78 is 0. The van der Waals surface area contributed by atoms with Gasteiger partial charge in [-0.3, -0.25) is 0 Å². The van der Waals surface area contributed by atoms with Crippen LogP contribution in [-0.2, 0) is 6.42 Å². The molecular formula is C10H13NO. The molecule has 1 aromatic carbocycles. The molecule has 2 nitrogen and oxygen atoms in total. The highest BCUT2D eigenvalue weighted by molar-refractivity contribution is 5.41. The molecule has 0 bridgehead atoms. The lowest BCUT2D eigenvalue weighted by molar-refractivity contribution is 0.158. The average Bonchev–Trinajstić information content (AvgIpc) is 2.29. The summed E-state index contributed by atoms with van der Waals surface area (Å²) in [7, 11) is 0. The van der Waals surface area contributed by atoms with E-state index in [4.69, 9.17) is 5.73 Å². The first-order chi connectivity index (χ1) is 5.70. The van der Waals surface area contributed by atoms with Crippen LogP contribution in [0.3, 0.4) is 0 Å². The topological polar surface area (TPSA) is 46.2 Å². The maximum absolute atomic E-state index is 9.52. The zero-order valence-electron chi connectivity index (χ0n) is 7.12. The van der Waals surface area contributed by atoms with E-state index in [1.165, 1.54) is 11.1 Å².